The molecule has 1 N–H and O–H groups in total. The maximum absolute atomic E-state index is 5.30. The van der Waals surface area contributed by atoms with Gasteiger partial charge in [-0.05, 0) is 41.5 Å². The van der Waals surface area contributed by atoms with E-state index < -0.39 is 0 Å². The van der Waals surface area contributed by atoms with Crippen molar-refractivity contribution in [2.45, 2.75) is 5.92 Å². The third-order valence-corrected chi connectivity index (χ3v) is 4.52. The zero-order chi connectivity index (χ0) is 17.8. The molecule has 3 aromatic carbocycles. The minimum Gasteiger partial charge on any atom is -0.497 e. The predicted molar refractivity (Wildman–Crippen MR) is 106 cm³/mol. The number of benzene rings is 3. The van der Waals surface area contributed by atoms with Crippen LogP contribution in [0.2, 0.25) is 0 Å². The first-order chi connectivity index (χ1) is 12.8. The van der Waals surface area contributed by atoms with E-state index >= 15 is 0 Å². The molecule has 126 valence electrons. The number of methoxy groups -OCH3 is 1. The van der Waals surface area contributed by atoms with Crippen LogP contribution < -0.4 is 4.74 Å². The second kappa shape index (κ2) is 7.21. The Morgan fingerprint density at radius 1 is 0.846 bits per heavy atom. The summed E-state index contributed by atoms with van der Waals surface area (Å²) >= 11 is 0. The smallest absolute Gasteiger partial charge is 0.118 e. The van der Waals surface area contributed by atoms with Crippen LogP contribution in [0.1, 0.15) is 22.6 Å². The molecule has 1 atom stereocenters. The highest BCUT2D eigenvalue weighted by Crippen LogP contribution is 2.31. The van der Waals surface area contributed by atoms with E-state index in [-0.39, 0.29) is 5.92 Å². The lowest BCUT2D eigenvalue weighted by atomic mass is 9.91. The maximum Gasteiger partial charge on any atom is 0.118 e. The molecule has 4 rings (SSSR count). The van der Waals surface area contributed by atoms with Crippen LogP contribution in [0.3, 0.4) is 0 Å². The highest BCUT2D eigenvalue weighted by Gasteiger charge is 2.16. The van der Waals surface area contributed by atoms with Gasteiger partial charge in [-0.1, -0.05) is 60.4 Å². The molecule has 0 aliphatic carbocycles. The van der Waals surface area contributed by atoms with E-state index in [4.69, 9.17) is 4.74 Å². The quantitative estimate of drug-likeness (QED) is 0.500. The van der Waals surface area contributed by atoms with Gasteiger partial charge < -0.3 is 9.72 Å². The van der Waals surface area contributed by atoms with Gasteiger partial charge >= 0.3 is 0 Å². The van der Waals surface area contributed by atoms with E-state index in [2.05, 4.69) is 53.4 Å². The Kier molecular flexibility index (Phi) is 4.45. The largest absolute Gasteiger partial charge is 0.497 e. The number of rotatable bonds is 3. The van der Waals surface area contributed by atoms with Crippen molar-refractivity contribution >= 4 is 10.9 Å². The van der Waals surface area contributed by atoms with E-state index in [1.165, 1.54) is 10.9 Å². The van der Waals surface area contributed by atoms with Crippen LogP contribution in [-0.4, -0.2) is 12.1 Å². The van der Waals surface area contributed by atoms with Crippen molar-refractivity contribution in [2.75, 3.05) is 7.11 Å². The molecule has 0 saturated carbocycles. The van der Waals surface area contributed by atoms with Crippen LogP contribution >= 0.6 is 0 Å². The van der Waals surface area contributed by atoms with Crippen LogP contribution in [0.5, 0.6) is 5.75 Å². The van der Waals surface area contributed by atoms with Gasteiger partial charge in [-0.2, -0.15) is 0 Å². The number of H-pyrrole nitrogens is 1. The van der Waals surface area contributed by atoms with Crippen molar-refractivity contribution in [1.82, 2.24) is 4.98 Å². The van der Waals surface area contributed by atoms with Gasteiger partial charge in [0.25, 0.3) is 0 Å². The Labute approximate surface area is 153 Å². The maximum atomic E-state index is 5.30. The Morgan fingerprint density at radius 2 is 1.58 bits per heavy atom. The first-order valence-corrected chi connectivity index (χ1v) is 8.62. The highest BCUT2D eigenvalue weighted by molar-refractivity contribution is 5.84. The van der Waals surface area contributed by atoms with Crippen molar-refractivity contribution in [3.05, 3.63) is 102 Å². The van der Waals surface area contributed by atoms with Crippen molar-refractivity contribution in [1.29, 1.82) is 0 Å². The molecule has 2 heteroatoms. The number of aromatic nitrogens is 1. The van der Waals surface area contributed by atoms with E-state index in [9.17, 15) is 0 Å². The van der Waals surface area contributed by atoms with E-state index in [0.717, 1.165) is 22.4 Å². The monoisotopic (exact) mass is 337 g/mol. The zero-order valence-electron chi connectivity index (χ0n) is 14.6. The van der Waals surface area contributed by atoms with Gasteiger partial charge in [0.15, 0.2) is 0 Å². The molecule has 1 unspecified atom stereocenters. The first kappa shape index (κ1) is 16.1. The lowest BCUT2D eigenvalue weighted by Crippen LogP contribution is -1.98. The molecule has 2 nitrogen and oxygen atoms in total. The number of fused-ring (bicyclic) bond motifs is 1. The molecule has 1 heterocycles. The summed E-state index contributed by atoms with van der Waals surface area (Å²) in [6.07, 6.45) is 2.07. The molecule has 4 aromatic rings. The number of nitrogens with one attached hydrogen (secondary N) is 1. The second-order valence-corrected chi connectivity index (χ2v) is 6.13. The summed E-state index contributed by atoms with van der Waals surface area (Å²) < 4.78 is 5.30. The molecule has 0 spiro atoms. The van der Waals surface area contributed by atoms with Gasteiger partial charge in [0.1, 0.15) is 5.75 Å². The summed E-state index contributed by atoms with van der Waals surface area (Å²) in [4.78, 5) is 3.37. The fourth-order valence-electron chi connectivity index (χ4n) is 3.15. The van der Waals surface area contributed by atoms with Crippen molar-refractivity contribution in [2.24, 2.45) is 0 Å². The van der Waals surface area contributed by atoms with Crippen molar-refractivity contribution < 1.29 is 4.74 Å². The molecule has 1 aromatic heterocycles. The Morgan fingerprint density at radius 3 is 2.35 bits per heavy atom. The summed E-state index contributed by atoms with van der Waals surface area (Å²) in [6.45, 7) is 0. The molecule has 0 bridgehead atoms. The first-order valence-electron chi connectivity index (χ1n) is 8.62. The number of para-hydroxylation sites is 1. The minimum atomic E-state index is -0.0164. The second-order valence-electron chi connectivity index (χ2n) is 6.13. The summed E-state index contributed by atoms with van der Waals surface area (Å²) in [5, 5.41) is 1.20. The summed E-state index contributed by atoms with van der Waals surface area (Å²) in [5.74, 6) is 7.64. The minimum absolute atomic E-state index is 0.0164. The van der Waals surface area contributed by atoms with Crippen LogP contribution in [0.15, 0.2) is 85.1 Å². The van der Waals surface area contributed by atoms with E-state index in [1.807, 2.05) is 48.5 Å². The van der Waals surface area contributed by atoms with Gasteiger partial charge in [0, 0.05) is 22.7 Å². The lowest BCUT2D eigenvalue weighted by Gasteiger charge is -2.11. The third-order valence-electron chi connectivity index (χ3n) is 4.52. The van der Waals surface area contributed by atoms with Crippen LogP contribution in [0, 0.1) is 11.8 Å². The molecule has 26 heavy (non-hydrogen) atoms. The van der Waals surface area contributed by atoms with Gasteiger partial charge in [-0.25, -0.2) is 0 Å². The number of hydrogen-bond acceptors (Lipinski definition) is 1. The average Bonchev–Trinajstić information content (AvgIpc) is 3.13. The van der Waals surface area contributed by atoms with Gasteiger partial charge in [0.05, 0.1) is 13.0 Å². The molecular weight excluding hydrogens is 318 g/mol. The van der Waals surface area contributed by atoms with Gasteiger partial charge in [-0.3, -0.25) is 0 Å². The van der Waals surface area contributed by atoms with E-state index in [1.54, 1.807) is 7.11 Å². The number of ether oxygens (including phenoxy) is 1. The average molecular weight is 337 g/mol. The SMILES string of the molecule is COc1ccc(C(C#Cc2ccccc2)c2c[nH]c3ccccc23)cc1. The molecule has 0 amide bonds. The molecule has 0 saturated heterocycles. The Bertz CT molecular complexity index is 1070. The molecule has 0 aliphatic rings. The standard InChI is InChI=1S/C24H19NO/c1-26-20-14-12-19(13-15-20)21(16-11-18-7-3-2-4-8-18)23-17-25-24-10-6-5-9-22(23)24/h2-10,12-15,17,21,25H,1H3. The van der Waals surface area contributed by atoms with Crippen LogP contribution in [-0.2, 0) is 0 Å². The van der Waals surface area contributed by atoms with Gasteiger partial charge in [-0.15, -0.1) is 0 Å². The van der Waals surface area contributed by atoms with Crippen molar-refractivity contribution in [3.63, 3.8) is 0 Å². The van der Waals surface area contributed by atoms with E-state index in [0.29, 0.717) is 0 Å². The Hall–Kier alpha value is -3.44. The third kappa shape index (κ3) is 3.20. The van der Waals surface area contributed by atoms with Gasteiger partial charge in [0.2, 0.25) is 0 Å². The predicted octanol–water partition coefficient (Wildman–Crippen LogP) is 5.36. The molecular formula is C24H19NO. The highest BCUT2D eigenvalue weighted by atomic mass is 16.5. The zero-order valence-corrected chi connectivity index (χ0v) is 14.6. The normalized spacial score (nSPS) is 11.6. The summed E-state index contributed by atoms with van der Waals surface area (Å²) in [6, 6.07) is 26.6. The number of hydrogen-bond donors (Lipinski definition) is 1. The van der Waals surface area contributed by atoms with Crippen LogP contribution in [0.25, 0.3) is 10.9 Å². The summed E-state index contributed by atoms with van der Waals surface area (Å²) in [5.41, 5.74) is 4.49. The number of aromatic amines is 1. The van der Waals surface area contributed by atoms with Crippen LogP contribution in [0.4, 0.5) is 0 Å². The van der Waals surface area contributed by atoms with Crippen molar-refractivity contribution in [3.8, 4) is 17.6 Å². The molecule has 0 aliphatic heterocycles. The lowest BCUT2D eigenvalue weighted by molar-refractivity contribution is 0.414. The fraction of sp³-hybridized carbons (Fsp3) is 0.0833. The fourth-order valence-corrected chi connectivity index (χ4v) is 3.15. The summed E-state index contributed by atoms with van der Waals surface area (Å²) in [7, 11) is 1.68. The topological polar surface area (TPSA) is 25.0 Å². The molecule has 0 radical (unpaired) electrons. The molecule has 0 fully saturated rings. The Balaban J connectivity index is 1.82.